The van der Waals surface area contributed by atoms with Gasteiger partial charge in [0.25, 0.3) is 5.91 Å². The van der Waals surface area contributed by atoms with Gasteiger partial charge in [0.1, 0.15) is 5.75 Å². The molecule has 0 saturated carbocycles. The molecule has 2 aromatic rings. The summed E-state index contributed by atoms with van der Waals surface area (Å²) in [5.41, 5.74) is 2.68. The number of esters is 1. The summed E-state index contributed by atoms with van der Waals surface area (Å²) in [6, 6.07) is 12.1. The lowest BCUT2D eigenvalue weighted by molar-refractivity contribution is -0.121. The Morgan fingerprint density at radius 3 is 2.64 bits per heavy atom. The van der Waals surface area contributed by atoms with E-state index in [1.54, 1.807) is 36.1 Å². The van der Waals surface area contributed by atoms with Gasteiger partial charge >= 0.3 is 5.97 Å². The molecule has 3 rings (SSSR count). The van der Waals surface area contributed by atoms with E-state index in [4.69, 9.17) is 9.47 Å². The number of hydrogen-bond acceptors (Lipinski definition) is 5. The third kappa shape index (κ3) is 4.49. The highest BCUT2D eigenvalue weighted by molar-refractivity contribution is 5.99. The molecular weight excluding hydrogens is 360 g/mol. The lowest BCUT2D eigenvalue weighted by atomic mass is 10.1. The first-order chi connectivity index (χ1) is 13.5. The van der Waals surface area contributed by atoms with Gasteiger partial charge in [-0.15, -0.1) is 0 Å². The first-order valence-electron chi connectivity index (χ1n) is 9.09. The molecule has 7 nitrogen and oxygen atoms in total. The van der Waals surface area contributed by atoms with Gasteiger partial charge in [0, 0.05) is 18.7 Å². The van der Waals surface area contributed by atoms with E-state index in [1.807, 2.05) is 25.1 Å². The zero-order valence-corrected chi connectivity index (χ0v) is 15.9. The Bertz CT molecular complexity index is 892. The van der Waals surface area contributed by atoms with Crippen molar-refractivity contribution in [3.8, 4) is 5.75 Å². The molecule has 0 unspecified atom stereocenters. The van der Waals surface area contributed by atoms with Crippen LogP contribution in [0.1, 0.15) is 29.3 Å². The average Bonchev–Trinajstić information content (AvgIpc) is 2.68. The molecule has 7 heteroatoms. The second kappa shape index (κ2) is 8.56. The van der Waals surface area contributed by atoms with Crippen LogP contribution < -0.4 is 15.0 Å². The average molecular weight is 382 g/mol. The Kier molecular flexibility index (Phi) is 5.93. The number of nitrogens with zero attached hydrogens (tertiary/aromatic N) is 1. The Morgan fingerprint density at radius 2 is 1.93 bits per heavy atom. The molecule has 0 bridgehead atoms. The van der Waals surface area contributed by atoms with Crippen molar-refractivity contribution in [2.24, 2.45) is 0 Å². The van der Waals surface area contributed by atoms with Crippen LogP contribution in [0.2, 0.25) is 0 Å². The topological polar surface area (TPSA) is 84.9 Å². The predicted octanol–water partition coefficient (Wildman–Crippen LogP) is 2.93. The molecule has 0 aliphatic carbocycles. The van der Waals surface area contributed by atoms with Crippen LogP contribution in [0.3, 0.4) is 0 Å². The summed E-state index contributed by atoms with van der Waals surface area (Å²) in [6.07, 6.45) is 0.138. The van der Waals surface area contributed by atoms with Gasteiger partial charge in [-0.1, -0.05) is 6.07 Å². The Balaban J connectivity index is 1.60. The second-order valence-corrected chi connectivity index (χ2v) is 6.40. The summed E-state index contributed by atoms with van der Waals surface area (Å²) in [5, 5.41) is 2.77. The van der Waals surface area contributed by atoms with E-state index < -0.39 is 5.97 Å². The molecule has 0 spiro atoms. The number of aryl methyl sites for hydroxylation is 1. The molecule has 2 amide bonds. The van der Waals surface area contributed by atoms with E-state index >= 15 is 0 Å². The number of carbonyl (C=O) groups excluding carboxylic acids is 3. The fourth-order valence-corrected chi connectivity index (χ4v) is 2.90. The summed E-state index contributed by atoms with van der Waals surface area (Å²) in [6.45, 7) is 4.20. The number of anilines is 2. The van der Waals surface area contributed by atoms with Crippen molar-refractivity contribution in [1.29, 1.82) is 0 Å². The largest absolute Gasteiger partial charge is 0.482 e. The van der Waals surface area contributed by atoms with Crippen molar-refractivity contribution in [1.82, 2.24) is 0 Å². The van der Waals surface area contributed by atoms with E-state index in [-0.39, 0.29) is 31.4 Å². The van der Waals surface area contributed by atoms with E-state index in [2.05, 4.69) is 5.32 Å². The van der Waals surface area contributed by atoms with Gasteiger partial charge in [0.2, 0.25) is 5.91 Å². The molecule has 0 fully saturated rings. The maximum Gasteiger partial charge on any atom is 0.338 e. The number of hydrogen-bond donors (Lipinski definition) is 1. The molecule has 0 saturated heterocycles. The molecule has 1 aliphatic rings. The molecule has 1 aliphatic heterocycles. The first kappa shape index (κ1) is 19.4. The van der Waals surface area contributed by atoms with Gasteiger partial charge in [-0.2, -0.15) is 0 Å². The zero-order chi connectivity index (χ0) is 20.1. The van der Waals surface area contributed by atoms with Crippen LogP contribution in [0.25, 0.3) is 0 Å². The monoisotopic (exact) mass is 382 g/mol. The minimum Gasteiger partial charge on any atom is -0.482 e. The van der Waals surface area contributed by atoms with Crippen LogP contribution in [0, 0.1) is 6.92 Å². The van der Waals surface area contributed by atoms with Gasteiger partial charge < -0.3 is 19.7 Å². The van der Waals surface area contributed by atoms with Crippen molar-refractivity contribution < 1.29 is 23.9 Å². The summed E-state index contributed by atoms with van der Waals surface area (Å²) in [4.78, 5) is 37.7. The number of carbonyl (C=O) groups is 3. The second-order valence-electron chi connectivity index (χ2n) is 6.40. The lowest BCUT2D eigenvalue weighted by Crippen LogP contribution is -2.40. The van der Waals surface area contributed by atoms with Crippen LogP contribution in [-0.4, -0.2) is 37.5 Å². The van der Waals surface area contributed by atoms with Crippen LogP contribution in [0.4, 0.5) is 11.4 Å². The van der Waals surface area contributed by atoms with Gasteiger partial charge in [-0.25, -0.2) is 4.79 Å². The van der Waals surface area contributed by atoms with E-state index in [1.165, 1.54) is 0 Å². The molecular formula is C21H22N2O5. The van der Waals surface area contributed by atoms with E-state index in [0.717, 1.165) is 5.56 Å². The number of amides is 2. The smallest absolute Gasteiger partial charge is 0.338 e. The Labute approximate surface area is 163 Å². The minimum absolute atomic E-state index is 0.0347. The molecule has 0 atom stereocenters. The van der Waals surface area contributed by atoms with Crippen LogP contribution in [0.5, 0.6) is 5.75 Å². The zero-order valence-electron chi connectivity index (χ0n) is 15.9. The molecule has 0 radical (unpaired) electrons. The maximum absolute atomic E-state index is 12.3. The molecule has 28 heavy (non-hydrogen) atoms. The summed E-state index contributed by atoms with van der Waals surface area (Å²) in [7, 11) is 0. The third-order valence-corrected chi connectivity index (χ3v) is 4.30. The quantitative estimate of drug-likeness (QED) is 0.777. The van der Waals surface area contributed by atoms with Crippen molar-refractivity contribution in [2.45, 2.75) is 20.3 Å². The summed E-state index contributed by atoms with van der Waals surface area (Å²) < 4.78 is 10.4. The van der Waals surface area contributed by atoms with Gasteiger partial charge in [0.15, 0.2) is 6.61 Å². The van der Waals surface area contributed by atoms with E-state index in [9.17, 15) is 14.4 Å². The molecule has 146 valence electrons. The van der Waals surface area contributed by atoms with Crippen molar-refractivity contribution >= 4 is 29.2 Å². The maximum atomic E-state index is 12.3. The molecule has 0 aromatic heterocycles. The highest BCUT2D eigenvalue weighted by atomic mass is 16.5. The normalized spacial score (nSPS) is 12.8. The summed E-state index contributed by atoms with van der Waals surface area (Å²) >= 11 is 0. The van der Waals surface area contributed by atoms with Crippen LogP contribution in [0.15, 0.2) is 42.5 Å². The number of fused-ring (bicyclic) bond motifs is 1. The third-order valence-electron chi connectivity index (χ3n) is 4.30. The Morgan fingerprint density at radius 1 is 1.18 bits per heavy atom. The first-order valence-corrected chi connectivity index (χ1v) is 9.09. The number of ether oxygens (including phenoxy) is 2. The highest BCUT2D eigenvalue weighted by Crippen LogP contribution is 2.32. The standard InChI is InChI=1S/C21H22N2O5/c1-3-27-21(26)15-5-7-16(8-6-15)22-19(24)10-11-23-17-12-14(2)4-9-18(17)28-13-20(23)25/h4-9,12H,3,10-11,13H2,1-2H3,(H,22,24). The van der Waals surface area contributed by atoms with Crippen LogP contribution in [-0.2, 0) is 14.3 Å². The highest BCUT2D eigenvalue weighted by Gasteiger charge is 2.25. The fraction of sp³-hybridized carbons (Fsp3) is 0.286. The lowest BCUT2D eigenvalue weighted by Gasteiger charge is -2.29. The van der Waals surface area contributed by atoms with Gasteiger partial charge in [0.05, 0.1) is 17.9 Å². The Hall–Kier alpha value is -3.35. The molecule has 1 heterocycles. The fourth-order valence-electron chi connectivity index (χ4n) is 2.90. The number of benzene rings is 2. The summed E-state index contributed by atoms with van der Waals surface area (Å²) in [5.74, 6) is -0.164. The van der Waals surface area contributed by atoms with Gasteiger partial charge in [-0.3, -0.25) is 9.59 Å². The molecule has 1 N–H and O–H groups in total. The number of rotatable bonds is 6. The number of nitrogens with one attached hydrogen (secondary N) is 1. The van der Waals surface area contributed by atoms with E-state index in [0.29, 0.717) is 29.3 Å². The van der Waals surface area contributed by atoms with Crippen LogP contribution >= 0.6 is 0 Å². The minimum atomic E-state index is -0.403. The predicted molar refractivity (Wildman–Crippen MR) is 105 cm³/mol. The van der Waals surface area contributed by atoms with Crippen molar-refractivity contribution in [2.75, 3.05) is 30.0 Å². The van der Waals surface area contributed by atoms with Gasteiger partial charge in [-0.05, 0) is 55.8 Å². The van der Waals surface area contributed by atoms with Crippen molar-refractivity contribution in [3.05, 3.63) is 53.6 Å². The SMILES string of the molecule is CCOC(=O)c1ccc(NC(=O)CCN2C(=O)COc3ccc(C)cc32)cc1. The van der Waals surface area contributed by atoms with Crippen molar-refractivity contribution in [3.63, 3.8) is 0 Å². The molecule has 2 aromatic carbocycles.